The Morgan fingerprint density at radius 1 is 1.04 bits per heavy atom. The van der Waals surface area contributed by atoms with Gasteiger partial charge >= 0.3 is 0 Å². The van der Waals surface area contributed by atoms with E-state index >= 15 is 0 Å². The summed E-state index contributed by atoms with van der Waals surface area (Å²) in [5.41, 5.74) is 2.06. The van der Waals surface area contributed by atoms with Crippen LogP contribution in [0.4, 0.5) is 5.69 Å². The molecule has 4 heteroatoms. The second-order valence-corrected chi connectivity index (χ2v) is 8.01. The summed E-state index contributed by atoms with van der Waals surface area (Å²) in [6, 6.07) is 8.64. The van der Waals surface area contributed by atoms with Crippen LogP contribution < -0.4 is 10.6 Å². The highest BCUT2D eigenvalue weighted by Crippen LogP contribution is 2.33. The number of benzene rings is 1. The van der Waals surface area contributed by atoms with Crippen molar-refractivity contribution in [2.75, 3.05) is 5.32 Å². The van der Waals surface area contributed by atoms with Gasteiger partial charge in [-0.15, -0.1) is 0 Å². The summed E-state index contributed by atoms with van der Waals surface area (Å²) in [6.45, 7) is 0.673. The molecular weight excluding hydrogens is 312 g/mol. The van der Waals surface area contributed by atoms with Crippen LogP contribution in [0.5, 0.6) is 0 Å². The Bertz CT molecular complexity index is 566. The maximum atomic E-state index is 12.5. The first-order chi connectivity index (χ1) is 12.3. The molecule has 4 rings (SSSR count). The molecule has 3 atom stereocenters. The number of amides is 1. The summed E-state index contributed by atoms with van der Waals surface area (Å²) in [4.78, 5) is 12.5. The molecule has 1 aromatic rings. The van der Waals surface area contributed by atoms with Gasteiger partial charge in [-0.3, -0.25) is 4.79 Å². The molecule has 0 radical (unpaired) electrons. The van der Waals surface area contributed by atoms with E-state index in [0.717, 1.165) is 12.1 Å². The first-order valence-corrected chi connectivity index (χ1v) is 10.1. The number of rotatable bonds is 5. The maximum absolute atomic E-state index is 12.5. The molecule has 4 nitrogen and oxygen atoms in total. The van der Waals surface area contributed by atoms with Crippen molar-refractivity contribution in [3.63, 3.8) is 0 Å². The molecule has 0 aromatic heterocycles. The van der Waals surface area contributed by atoms with Crippen molar-refractivity contribution in [2.24, 2.45) is 5.92 Å². The van der Waals surface area contributed by atoms with Gasteiger partial charge in [-0.2, -0.15) is 0 Å². The molecule has 3 fully saturated rings. The second-order valence-electron chi connectivity index (χ2n) is 8.01. The second kappa shape index (κ2) is 7.88. The third-order valence-corrected chi connectivity index (χ3v) is 6.19. The zero-order chi connectivity index (χ0) is 17.1. The molecule has 1 saturated heterocycles. The molecule has 0 spiro atoms. The monoisotopic (exact) mass is 342 g/mol. The first-order valence-electron chi connectivity index (χ1n) is 10.1. The minimum absolute atomic E-state index is 0.0292. The van der Waals surface area contributed by atoms with Gasteiger partial charge in [0.15, 0.2) is 0 Å². The van der Waals surface area contributed by atoms with Crippen LogP contribution in [0.2, 0.25) is 0 Å². The average molecular weight is 342 g/mol. The van der Waals surface area contributed by atoms with Crippen molar-refractivity contribution in [2.45, 2.75) is 82.6 Å². The van der Waals surface area contributed by atoms with E-state index in [4.69, 9.17) is 4.74 Å². The Morgan fingerprint density at radius 3 is 2.52 bits per heavy atom. The quantitative estimate of drug-likeness (QED) is 0.850. The van der Waals surface area contributed by atoms with Crippen LogP contribution in [-0.2, 0) is 16.1 Å². The first kappa shape index (κ1) is 17.0. The highest BCUT2D eigenvalue weighted by atomic mass is 16.5. The van der Waals surface area contributed by atoms with E-state index in [9.17, 15) is 4.79 Å². The van der Waals surface area contributed by atoms with Gasteiger partial charge in [-0.25, -0.2) is 0 Å². The Kier molecular flexibility index (Phi) is 5.37. The maximum Gasteiger partial charge on any atom is 0.241 e. The Labute approximate surface area is 150 Å². The molecule has 2 saturated carbocycles. The van der Waals surface area contributed by atoms with Crippen LogP contribution >= 0.6 is 0 Å². The summed E-state index contributed by atoms with van der Waals surface area (Å²) in [6.07, 6.45) is 11.5. The molecule has 3 unspecified atom stereocenters. The summed E-state index contributed by atoms with van der Waals surface area (Å²) in [5, 5.41) is 6.62. The van der Waals surface area contributed by atoms with E-state index in [1.54, 1.807) is 0 Å². The van der Waals surface area contributed by atoms with Gasteiger partial charge in [0.1, 0.15) is 0 Å². The van der Waals surface area contributed by atoms with E-state index < -0.39 is 0 Å². The SMILES string of the molecule is O=C(Nc1ccc(COC2CCCC2)cc1)C1CC2CCCCC2N1. The van der Waals surface area contributed by atoms with Gasteiger partial charge in [0, 0.05) is 11.7 Å². The van der Waals surface area contributed by atoms with Gasteiger partial charge in [-0.1, -0.05) is 37.8 Å². The van der Waals surface area contributed by atoms with Crippen molar-refractivity contribution in [1.29, 1.82) is 0 Å². The van der Waals surface area contributed by atoms with Gasteiger partial charge in [0.2, 0.25) is 5.91 Å². The molecule has 1 aromatic carbocycles. The Balaban J connectivity index is 1.26. The molecule has 136 valence electrons. The summed E-state index contributed by atoms with van der Waals surface area (Å²) >= 11 is 0. The van der Waals surface area contributed by atoms with E-state index in [-0.39, 0.29) is 11.9 Å². The number of fused-ring (bicyclic) bond motifs is 1. The molecule has 1 heterocycles. The zero-order valence-electron chi connectivity index (χ0n) is 15.0. The number of hydrogen-bond acceptors (Lipinski definition) is 3. The number of nitrogens with one attached hydrogen (secondary N) is 2. The molecule has 2 aliphatic carbocycles. The van der Waals surface area contributed by atoms with Crippen molar-refractivity contribution >= 4 is 11.6 Å². The van der Waals surface area contributed by atoms with E-state index in [2.05, 4.69) is 22.8 Å². The van der Waals surface area contributed by atoms with E-state index in [0.29, 0.717) is 24.7 Å². The van der Waals surface area contributed by atoms with Crippen LogP contribution in [-0.4, -0.2) is 24.1 Å². The van der Waals surface area contributed by atoms with Crippen LogP contribution in [0.1, 0.15) is 63.4 Å². The van der Waals surface area contributed by atoms with E-state index in [1.807, 2.05) is 12.1 Å². The summed E-state index contributed by atoms with van der Waals surface area (Å²) < 4.78 is 5.95. The van der Waals surface area contributed by atoms with Crippen LogP contribution in [0, 0.1) is 5.92 Å². The van der Waals surface area contributed by atoms with Crippen LogP contribution in [0.15, 0.2) is 24.3 Å². The minimum Gasteiger partial charge on any atom is -0.374 e. The molecular formula is C21H30N2O2. The third-order valence-electron chi connectivity index (χ3n) is 6.19. The zero-order valence-corrected chi connectivity index (χ0v) is 15.0. The minimum atomic E-state index is -0.0292. The Morgan fingerprint density at radius 2 is 1.76 bits per heavy atom. The number of carbonyl (C=O) groups is 1. The molecule has 2 N–H and O–H groups in total. The van der Waals surface area contributed by atoms with Crippen molar-refractivity contribution < 1.29 is 9.53 Å². The summed E-state index contributed by atoms with van der Waals surface area (Å²) in [5.74, 6) is 0.809. The third kappa shape index (κ3) is 4.24. The lowest BCUT2D eigenvalue weighted by Gasteiger charge is -2.24. The Hall–Kier alpha value is -1.39. The predicted octanol–water partition coefficient (Wildman–Crippen LogP) is 4.01. The average Bonchev–Trinajstić information content (AvgIpc) is 3.30. The number of ether oxygens (including phenoxy) is 1. The van der Waals surface area contributed by atoms with Gasteiger partial charge in [0.25, 0.3) is 0 Å². The fourth-order valence-corrected chi connectivity index (χ4v) is 4.70. The normalized spacial score (nSPS) is 29.5. The smallest absolute Gasteiger partial charge is 0.241 e. The number of anilines is 1. The molecule has 3 aliphatic rings. The molecule has 1 amide bonds. The lowest BCUT2D eigenvalue weighted by Crippen LogP contribution is -2.39. The predicted molar refractivity (Wildman–Crippen MR) is 99.4 cm³/mol. The largest absolute Gasteiger partial charge is 0.374 e. The molecule has 1 aliphatic heterocycles. The lowest BCUT2D eigenvalue weighted by atomic mass is 9.85. The van der Waals surface area contributed by atoms with Gasteiger partial charge in [-0.05, 0) is 55.7 Å². The van der Waals surface area contributed by atoms with E-state index in [1.165, 1.54) is 56.9 Å². The van der Waals surface area contributed by atoms with Gasteiger partial charge in [0.05, 0.1) is 18.8 Å². The van der Waals surface area contributed by atoms with Crippen LogP contribution in [0.3, 0.4) is 0 Å². The van der Waals surface area contributed by atoms with Crippen molar-refractivity contribution in [1.82, 2.24) is 5.32 Å². The topological polar surface area (TPSA) is 50.4 Å². The fourth-order valence-electron chi connectivity index (χ4n) is 4.70. The number of carbonyl (C=O) groups excluding carboxylic acids is 1. The van der Waals surface area contributed by atoms with Crippen molar-refractivity contribution in [3.05, 3.63) is 29.8 Å². The van der Waals surface area contributed by atoms with Crippen molar-refractivity contribution in [3.8, 4) is 0 Å². The molecule has 25 heavy (non-hydrogen) atoms. The highest BCUT2D eigenvalue weighted by Gasteiger charge is 2.38. The highest BCUT2D eigenvalue weighted by molar-refractivity contribution is 5.95. The lowest BCUT2D eigenvalue weighted by molar-refractivity contribution is -0.117. The standard InChI is InChI=1S/C21H30N2O2/c24-21(20-13-16-5-1-4-8-19(16)23-20)22-17-11-9-15(10-12-17)14-25-18-6-2-3-7-18/h9-12,16,18-20,23H,1-8,13-14H2,(H,22,24). The fraction of sp³-hybridized carbons (Fsp3) is 0.667. The van der Waals surface area contributed by atoms with Crippen LogP contribution in [0.25, 0.3) is 0 Å². The molecule has 0 bridgehead atoms. The van der Waals surface area contributed by atoms with Gasteiger partial charge < -0.3 is 15.4 Å². The number of hydrogen-bond donors (Lipinski definition) is 2. The summed E-state index contributed by atoms with van der Waals surface area (Å²) in [7, 11) is 0.